The number of benzene rings is 2. The molecule has 0 atom stereocenters. The summed E-state index contributed by atoms with van der Waals surface area (Å²) in [6.07, 6.45) is 1.09. The Bertz CT molecular complexity index is 655. The minimum atomic E-state index is -0.275. The highest BCUT2D eigenvalue weighted by molar-refractivity contribution is 9.10. The summed E-state index contributed by atoms with van der Waals surface area (Å²) in [7, 11) is 1.60. The fraction of sp³-hybridized carbons (Fsp3) is 0.333. The first-order chi connectivity index (χ1) is 11.2. The van der Waals surface area contributed by atoms with Gasteiger partial charge in [-0.15, -0.1) is 12.4 Å². The van der Waals surface area contributed by atoms with Gasteiger partial charge in [0.05, 0.1) is 11.6 Å². The van der Waals surface area contributed by atoms with E-state index in [4.69, 9.17) is 9.47 Å². The van der Waals surface area contributed by atoms with Crippen LogP contribution in [0.4, 0.5) is 4.39 Å². The van der Waals surface area contributed by atoms with Gasteiger partial charge in [-0.25, -0.2) is 4.39 Å². The van der Waals surface area contributed by atoms with Crippen LogP contribution in [0.5, 0.6) is 11.5 Å². The number of nitrogens with one attached hydrogen (secondary N) is 1. The highest BCUT2D eigenvalue weighted by Crippen LogP contribution is 2.37. The summed E-state index contributed by atoms with van der Waals surface area (Å²) in [4.78, 5) is 0. The fourth-order valence-electron chi connectivity index (χ4n) is 2.19. The summed E-state index contributed by atoms with van der Waals surface area (Å²) in [5.74, 6) is 0.932. The van der Waals surface area contributed by atoms with Gasteiger partial charge in [0.1, 0.15) is 12.4 Å². The summed E-state index contributed by atoms with van der Waals surface area (Å²) >= 11 is 3.51. The van der Waals surface area contributed by atoms with Gasteiger partial charge in [-0.1, -0.05) is 25.1 Å². The maximum absolute atomic E-state index is 13.7. The molecule has 0 aliphatic heterocycles. The monoisotopic (exact) mass is 417 g/mol. The molecule has 0 bridgehead atoms. The molecule has 0 amide bonds. The molecule has 2 aromatic carbocycles. The zero-order chi connectivity index (χ0) is 16.7. The van der Waals surface area contributed by atoms with Crippen molar-refractivity contribution in [1.29, 1.82) is 0 Å². The highest BCUT2D eigenvalue weighted by atomic mass is 79.9. The zero-order valence-electron chi connectivity index (χ0n) is 13.8. The molecule has 0 aliphatic rings. The lowest BCUT2D eigenvalue weighted by Gasteiger charge is -2.15. The third kappa shape index (κ3) is 5.65. The molecule has 0 aromatic heterocycles. The third-order valence-corrected chi connectivity index (χ3v) is 3.96. The van der Waals surface area contributed by atoms with Crippen molar-refractivity contribution in [3.63, 3.8) is 0 Å². The van der Waals surface area contributed by atoms with E-state index in [1.807, 2.05) is 12.1 Å². The third-order valence-electron chi connectivity index (χ3n) is 3.37. The summed E-state index contributed by atoms with van der Waals surface area (Å²) in [5.41, 5.74) is 1.61. The molecule has 0 saturated carbocycles. The first-order valence-corrected chi connectivity index (χ1v) is 8.38. The maximum Gasteiger partial charge on any atom is 0.175 e. The van der Waals surface area contributed by atoms with Crippen LogP contribution in [-0.4, -0.2) is 13.7 Å². The lowest BCUT2D eigenvalue weighted by molar-refractivity contribution is 0.277. The molecule has 0 spiro atoms. The Morgan fingerprint density at radius 2 is 1.96 bits per heavy atom. The maximum atomic E-state index is 13.7. The van der Waals surface area contributed by atoms with E-state index in [-0.39, 0.29) is 24.8 Å². The van der Waals surface area contributed by atoms with Crippen molar-refractivity contribution in [2.75, 3.05) is 13.7 Å². The molecule has 24 heavy (non-hydrogen) atoms. The van der Waals surface area contributed by atoms with Gasteiger partial charge < -0.3 is 14.8 Å². The number of rotatable bonds is 8. The van der Waals surface area contributed by atoms with Crippen LogP contribution in [0.1, 0.15) is 24.5 Å². The predicted octanol–water partition coefficient (Wildman–Crippen LogP) is 5.10. The van der Waals surface area contributed by atoms with Crippen molar-refractivity contribution >= 4 is 28.3 Å². The standard InChI is InChI=1S/C18H21BrFNO2.ClH/c1-3-8-21-11-13-9-15(19)18(17(10-13)22-2)23-12-14-6-4-5-7-16(14)20;/h4-7,9-10,21H,3,8,11-12H2,1-2H3;1H. The fourth-order valence-corrected chi connectivity index (χ4v) is 2.79. The largest absolute Gasteiger partial charge is 0.493 e. The predicted molar refractivity (Wildman–Crippen MR) is 101 cm³/mol. The van der Waals surface area contributed by atoms with Crippen LogP contribution in [0.25, 0.3) is 0 Å². The van der Waals surface area contributed by atoms with Gasteiger partial charge in [-0.3, -0.25) is 0 Å². The Kier molecular flexibility index (Phi) is 9.11. The van der Waals surface area contributed by atoms with Crippen LogP contribution in [0, 0.1) is 5.82 Å². The van der Waals surface area contributed by atoms with Crippen LogP contribution >= 0.6 is 28.3 Å². The molecular formula is C18H22BrClFNO2. The summed E-state index contributed by atoms with van der Waals surface area (Å²) in [5, 5.41) is 3.35. The van der Waals surface area contributed by atoms with Crippen molar-refractivity contribution in [1.82, 2.24) is 5.32 Å². The number of methoxy groups -OCH3 is 1. The SMILES string of the molecule is CCCNCc1cc(Br)c(OCc2ccccc2F)c(OC)c1.Cl. The van der Waals surface area contributed by atoms with Crippen LogP contribution in [0.15, 0.2) is 40.9 Å². The van der Waals surface area contributed by atoms with E-state index in [1.165, 1.54) is 6.07 Å². The zero-order valence-corrected chi connectivity index (χ0v) is 16.2. The van der Waals surface area contributed by atoms with E-state index in [9.17, 15) is 4.39 Å². The Morgan fingerprint density at radius 1 is 1.21 bits per heavy atom. The molecule has 0 heterocycles. The number of hydrogen-bond donors (Lipinski definition) is 1. The van der Waals surface area contributed by atoms with Crippen molar-refractivity contribution in [3.8, 4) is 11.5 Å². The quantitative estimate of drug-likeness (QED) is 0.605. The van der Waals surface area contributed by atoms with Gasteiger partial charge in [0.25, 0.3) is 0 Å². The molecule has 0 saturated heterocycles. The molecule has 3 nitrogen and oxygen atoms in total. The van der Waals surface area contributed by atoms with E-state index in [0.29, 0.717) is 17.1 Å². The van der Waals surface area contributed by atoms with Crippen molar-refractivity contribution < 1.29 is 13.9 Å². The molecule has 1 N–H and O–H groups in total. The van der Waals surface area contributed by atoms with Crippen molar-refractivity contribution in [3.05, 3.63) is 57.8 Å². The smallest absolute Gasteiger partial charge is 0.175 e. The Hall–Kier alpha value is -1.30. The average molecular weight is 419 g/mol. The Labute approximate surface area is 157 Å². The van der Waals surface area contributed by atoms with Crippen molar-refractivity contribution in [2.45, 2.75) is 26.5 Å². The summed E-state index contributed by atoms with van der Waals surface area (Å²) in [6.45, 7) is 4.00. The first-order valence-electron chi connectivity index (χ1n) is 7.59. The molecule has 2 aromatic rings. The van der Waals surface area contributed by atoms with Crippen LogP contribution < -0.4 is 14.8 Å². The molecule has 0 aliphatic carbocycles. The topological polar surface area (TPSA) is 30.5 Å². The van der Waals surface area contributed by atoms with Crippen LogP contribution in [-0.2, 0) is 13.2 Å². The average Bonchev–Trinajstić information content (AvgIpc) is 2.55. The highest BCUT2D eigenvalue weighted by Gasteiger charge is 2.13. The van der Waals surface area contributed by atoms with Crippen LogP contribution in [0.2, 0.25) is 0 Å². The number of halogens is 3. The van der Waals surface area contributed by atoms with E-state index in [1.54, 1.807) is 25.3 Å². The summed E-state index contributed by atoms with van der Waals surface area (Å²) in [6, 6.07) is 10.5. The Balaban J connectivity index is 0.00000288. The van der Waals surface area contributed by atoms with E-state index in [0.717, 1.165) is 29.5 Å². The second-order valence-electron chi connectivity index (χ2n) is 5.17. The second kappa shape index (κ2) is 10.5. The van der Waals surface area contributed by atoms with Gasteiger partial charge in [-0.05, 0) is 52.7 Å². The second-order valence-corrected chi connectivity index (χ2v) is 6.02. The first kappa shape index (κ1) is 20.7. The van der Waals surface area contributed by atoms with E-state index < -0.39 is 0 Å². The van der Waals surface area contributed by atoms with Gasteiger partial charge in [0.2, 0.25) is 0 Å². The molecular weight excluding hydrogens is 397 g/mol. The van der Waals surface area contributed by atoms with Gasteiger partial charge in [-0.2, -0.15) is 0 Å². The summed E-state index contributed by atoms with van der Waals surface area (Å²) < 4.78 is 25.7. The lowest BCUT2D eigenvalue weighted by Crippen LogP contribution is -2.14. The Morgan fingerprint density at radius 3 is 2.62 bits per heavy atom. The normalized spacial score (nSPS) is 10.2. The number of hydrogen-bond acceptors (Lipinski definition) is 3. The lowest BCUT2D eigenvalue weighted by atomic mass is 10.2. The number of ether oxygens (including phenoxy) is 2. The van der Waals surface area contributed by atoms with Gasteiger partial charge in [0, 0.05) is 12.1 Å². The van der Waals surface area contributed by atoms with E-state index >= 15 is 0 Å². The van der Waals surface area contributed by atoms with E-state index in [2.05, 4.69) is 28.2 Å². The molecule has 132 valence electrons. The van der Waals surface area contributed by atoms with Crippen molar-refractivity contribution in [2.24, 2.45) is 0 Å². The van der Waals surface area contributed by atoms with Gasteiger partial charge in [0.15, 0.2) is 11.5 Å². The molecule has 0 unspecified atom stereocenters. The molecule has 0 radical (unpaired) electrons. The molecule has 2 rings (SSSR count). The minimum Gasteiger partial charge on any atom is -0.493 e. The molecule has 6 heteroatoms. The van der Waals surface area contributed by atoms with Crippen LogP contribution in [0.3, 0.4) is 0 Å². The van der Waals surface area contributed by atoms with Gasteiger partial charge >= 0.3 is 0 Å². The minimum absolute atomic E-state index is 0. The molecule has 0 fully saturated rings.